The predicted molar refractivity (Wildman–Crippen MR) is 142 cm³/mol. The number of ether oxygens (including phenoxy) is 2. The summed E-state index contributed by atoms with van der Waals surface area (Å²) in [5.74, 6) is 2.53. The Bertz CT molecular complexity index is 1350. The number of nitrogens with zero attached hydrogens (tertiary/aromatic N) is 2. The van der Waals surface area contributed by atoms with E-state index in [9.17, 15) is 4.79 Å². The minimum atomic E-state index is -0.207. The SMILES string of the molecule is COc1cc2c(cc1OSCOc1ccc(-c3nc4c([nH]3)=CCCC=4)cc1)N=CCNCCNC2=O. The van der Waals surface area contributed by atoms with Crippen LogP contribution >= 0.6 is 12.0 Å². The number of hydrogen-bond donors (Lipinski definition) is 3. The van der Waals surface area contributed by atoms with E-state index in [4.69, 9.17) is 13.7 Å². The van der Waals surface area contributed by atoms with Crippen molar-refractivity contribution in [3.8, 4) is 28.6 Å². The van der Waals surface area contributed by atoms with E-state index in [0.29, 0.717) is 42.4 Å². The summed E-state index contributed by atoms with van der Waals surface area (Å²) in [6, 6.07) is 11.1. The maximum atomic E-state index is 12.5. The van der Waals surface area contributed by atoms with Crippen molar-refractivity contribution in [3.05, 3.63) is 52.7 Å². The van der Waals surface area contributed by atoms with Crippen LogP contribution in [0.2, 0.25) is 0 Å². The lowest BCUT2D eigenvalue weighted by Crippen LogP contribution is -2.33. The number of carbonyl (C=O) groups is 1. The van der Waals surface area contributed by atoms with E-state index in [1.807, 2.05) is 24.3 Å². The second-order valence-corrected chi connectivity index (χ2v) is 8.79. The Morgan fingerprint density at radius 3 is 2.75 bits per heavy atom. The number of carbonyl (C=O) groups excluding carboxylic acids is 1. The zero-order valence-electron chi connectivity index (χ0n) is 19.9. The smallest absolute Gasteiger partial charge is 0.253 e. The van der Waals surface area contributed by atoms with Crippen molar-refractivity contribution in [2.45, 2.75) is 12.8 Å². The number of methoxy groups -OCH3 is 1. The van der Waals surface area contributed by atoms with Gasteiger partial charge in [-0.05, 0) is 43.2 Å². The van der Waals surface area contributed by atoms with Crippen molar-refractivity contribution in [2.75, 3.05) is 32.7 Å². The largest absolute Gasteiger partial charge is 0.493 e. The topological polar surface area (TPSA) is 110 Å². The normalized spacial score (nSPS) is 15.0. The van der Waals surface area contributed by atoms with Crippen LogP contribution < -0.4 is 35.0 Å². The zero-order valence-corrected chi connectivity index (χ0v) is 20.7. The van der Waals surface area contributed by atoms with Crippen LogP contribution in [-0.2, 0) is 0 Å². The number of aliphatic imine (C=N–C) groups is 1. The molecule has 186 valence electrons. The number of benzene rings is 2. The third-order valence-electron chi connectivity index (χ3n) is 5.74. The van der Waals surface area contributed by atoms with Crippen molar-refractivity contribution in [1.82, 2.24) is 20.6 Å². The van der Waals surface area contributed by atoms with Gasteiger partial charge in [-0.1, -0.05) is 12.2 Å². The summed E-state index contributed by atoms with van der Waals surface area (Å²) in [5.41, 5.74) is 1.95. The highest BCUT2D eigenvalue weighted by Gasteiger charge is 2.18. The highest BCUT2D eigenvalue weighted by molar-refractivity contribution is 7.94. The van der Waals surface area contributed by atoms with Crippen molar-refractivity contribution in [1.29, 1.82) is 0 Å². The van der Waals surface area contributed by atoms with Gasteiger partial charge in [-0.25, -0.2) is 4.98 Å². The molecule has 0 fully saturated rings. The molecule has 1 aromatic heterocycles. The molecule has 1 aliphatic carbocycles. The van der Waals surface area contributed by atoms with Crippen LogP contribution in [0.25, 0.3) is 23.5 Å². The highest BCUT2D eigenvalue weighted by Crippen LogP contribution is 2.37. The van der Waals surface area contributed by atoms with Crippen molar-refractivity contribution in [2.24, 2.45) is 4.99 Å². The Morgan fingerprint density at radius 2 is 1.92 bits per heavy atom. The fraction of sp³-hybridized carbons (Fsp3) is 0.269. The fourth-order valence-electron chi connectivity index (χ4n) is 3.92. The number of H-pyrrole nitrogens is 1. The maximum Gasteiger partial charge on any atom is 0.253 e. The quantitative estimate of drug-likeness (QED) is 0.257. The minimum Gasteiger partial charge on any atom is -0.493 e. The molecule has 10 heteroatoms. The number of imidazole rings is 1. The van der Waals surface area contributed by atoms with Gasteiger partial charge in [-0.3, -0.25) is 9.79 Å². The maximum absolute atomic E-state index is 12.5. The molecular formula is C26H27N5O4S. The number of aromatic amines is 1. The van der Waals surface area contributed by atoms with E-state index in [1.54, 1.807) is 18.3 Å². The molecule has 5 rings (SSSR count). The number of fused-ring (bicyclic) bond motifs is 2. The average Bonchev–Trinajstić information content (AvgIpc) is 3.35. The molecule has 0 unspecified atom stereocenters. The molecule has 36 heavy (non-hydrogen) atoms. The third-order valence-corrected chi connectivity index (χ3v) is 6.26. The first-order valence-electron chi connectivity index (χ1n) is 11.7. The molecule has 2 aliphatic rings. The summed E-state index contributed by atoms with van der Waals surface area (Å²) >= 11 is 1.12. The zero-order chi connectivity index (χ0) is 24.7. The summed E-state index contributed by atoms with van der Waals surface area (Å²) in [5, 5.41) is 8.15. The Balaban J connectivity index is 1.21. The molecule has 3 aromatic rings. The standard InChI is InChI=1S/C26H27N5O4S/c1-33-23-14-19-22(28-12-10-27-11-13-29-26(19)32)15-24(23)35-36-16-34-18-8-6-17(7-9-18)25-30-20-4-2-3-5-21(20)31-25/h4-9,12,14-15,27H,2-3,10-11,13,16H2,1H3,(H,29,32)(H,30,31). The van der Waals surface area contributed by atoms with Crippen LogP contribution in [0.1, 0.15) is 23.2 Å². The van der Waals surface area contributed by atoms with Crippen LogP contribution in [0.5, 0.6) is 17.2 Å². The lowest BCUT2D eigenvalue weighted by Gasteiger charge is -2.15. The number of amides is 1. The molecular weight excluding hydrogens is 478 g/mol. The molecule has 1 aliphatic heterocycles. The van der Waals surface area contributed by atoms with Crippen LogP contribution in [0.4, 0.5) is 5.69 Å². The first-order valence-corrected chi connectivity index (χ1v) is 12.6. The van der Waals surface area contributed by atoms with Gasteiger partial charge in [0.2, 0.25) is 0 Å². The Hall–Kier alpha value is -3.76. The van der Waals surface area contributed by atoms with Gasteiger partial charge in [-0.2, -0.15) is 0 Å². The Labute approximate surface area is 212 Å². The molecule has 0 saturated carbocycles. The van der Waals surface area contributed by atoms with Crippen LogP contribution in [0.15, 0.2) is 41.4 Å². The second kappa shape index (κ2) is 11.3. The molecule has 3 N–H and O–H groups in total. The molecule has 0 spiro atoms. The van der Waals surface area contributed by atoms with E-state index in [2.05, 4.69) is 37.7 Å². The molecule has 2 heterocycles. The number of hydrogen-bond acceptors (Lipinski definition) is 8. The minimum absolute atomic E-state index is 0.207. The van der Waals surface area contributed by atoms with Gasteiger partial charge in [-0.15, -0.1) is 0 Å². The van der Waals surface area contributed by atoms with Gasteiger partial charge < -0.3 is 29.3 Å². The van der Waals surface area contributed by atoms with E-state index in [-0.39, 0.29) is 11.8 Å². The van der Waals surface area contributed by atoms with Crippen molar-refractivity contribution < 1.29 is 18.5 Å². The van der Waals surface area contributed by atoms with Crippen LogP contribution in [0, 0.1) is 0 Å². The first-order chi connectivity index (χ1) is 17.7. The first kappa shape index (κ1) is 24.0. The summed E-state index contributed by atoms with van der Waals surface area (Å²) in [6.45, 7) is 1.81. The summed E-state index contributed by atoms with van der Waals surface area (Å²) in [6.07, 6.45) is 8.15. The molecule has 1 amide bonds. The van der Waals surface area contributed by atoms with E-state index in [1.165, 1.54) is 7.11 Å². The monoisotopic (exact) mass is 505 g/mol. The van der Waals surface area contributed by atoms with Crippen LogP contribution in [0.3, 0.4) is 0 Å². The van der Waals surface area contributed by atoms with E-state index in [0.717, 1.165) is 52.7 Å². The number of aromatic nitrogens is 2. The van der Waals surface area contributed by atoms with Crippen LogP contribution in [-0.4, -0.2) is 54.8 Å². The summed E-state index contributed by atoms with van der Waals surface area (Å²) in [4.78, 5) is 25.0. The third kappa shape index (κ3) is 5.55. The van der Waals surface area contributed by atoms with Gasteiger partial charge in [0.15, 0.2) is 17.4 Å². The summed E-state index contributed by atoms with van der Waals surface area (Å²) in [7, 11) is 1.54. The lowest BCUT2D eigenvalue weighted by molar-refractivity contribution is 0.0954. The molecule has 9 nitrogen and oxygen atoms in total. The number of rotatable bonds is 7. The van der Waals surface area contributed by atoms with Gasteiger partial charge in [0, 0.05) is 37.5 Å². The summed E-state index contributed by atoms with van der Waals surface area (Å²) < 4.78 is 17.1. The van der Waals surface area contributed by atoms with E-state index < -0.39 is 0 Å². The van der Waals surface area contributed by atoms with Crippen molar-refractivity contribution >= 4 is 42.0 Å². The number of nitrogens with one attached hydrogen (secondary N) is 3. The Morgan fingerprint density at radius 1 is 1.06 bits per heavy atom. The van der Waals surface area contributed by atoms with Gasteiger partial charge in [0.25, 0.3) is 5.91 Å². The lowest BCUT2D eigenvalue weighted by atomic mass is 10.1. The molecule has 0 bridgehead atoms. The van der Waals surface area contributed by atoms with E-state index >= 15 is 0 Å². The highest BCUT2D eigenvalue weighted by atomic mass is 32.2. The average molecular weight is 506 g/mol. The second-order valence-electron chi connectivity index (χ2n) is 8.15. The Kier molecular flexibility index (Phi) is 7.53. The van der Waals surface area contributed by atoms with Crippen molar-refractivity contribution in [3.63, 3.8) is 0 Å². The van der Waals surface area contributed by atoms with Gasteiger partial charge >= 0.3 is 0 Å². The molecule has 0 atom stereocenters. The van der Waals surface area contributed by atoms with Gasteiger partial charge in [0.1, 0.15) is 11.6 Å². The molecule has 0 saturated heterocycles. The molecule has 2 aromatic carbocycles. The van der Waals surface area contributed by atoms with Gasteiger partial charge in [0.05, 0.1) is 41.1 Å². The fourth-order valence-corrected chi connectivity index (χ4v) is 4.41. The predicted octanol–water partition coefficient (Wildman–Crippen LogP) is 2.54. The molecule has 0 radical (unpaired) electrons.